The summed E-state index contributed by atoms with van der Waals surface area (Å²) in [6, 6.07) is 7.36. The standard InChI is InChI=1S/C15H19N3O2/c1-11(2)10-18-8-7-17-14(15(18)19)20-13-6-4-3-5-12(13)9-16/h3-8,11H,9-10,16H2,1-2H3. The molecule has 2 N–H and O–H groups in total. The number of nitrogens with zero attached hydrogens (tertiary/aromatic N) is 2. The van der Waals surface area contributed by atoms with Crippen LogP contribution in [0.4, 0.5) is 0 Å². The Kier molecular flexibility index (Phi) is 4.53. The van der Waals surface area contributed by atoms with Gasteiger partial charge in [-0.05, 0) is 12.0 Å². The van der Waals surface area contributed by atoms with E-state index in [0.717, 1.165) is 5.56 Å². The van der Waals surface area contributed by atoms with E-state index < -0.39 is 0 Å². The van der Waals surface area contributed by atoms with E-state index in [1.165, 1.54) is 0 Å². The monoisotopic (exact) mass is 273 g/mol. The molecular formula is C15H19N3O2. The highest BCUT2D eigenvalue weighted by molar-refractivity contribution is 5.35. The summed E-state index contributed by atoms with van der Waals surface area (Å²) in [5.74, 6) is 1.02. The predicted octanol–water partition coefficient (Wildman–Crippen LogP) is 2.15. The molecule has 0 aliphatic rings. The minimum absolute atomic E-state index is 0.0778. The summed E-state index contributed by atoms with van der Waals surface area (Å²) in [5.41, 5.74) is 6.27. The molecule has 2 aromatic rings. The lowest BCUT2D eigenvalue weighted by Crippen LogP contribution is -2.23. The van der Waals surface area contributed by atoms with Gasteiger partial charge in [0.05, 0.1) is 0 Å². The Morgan fingerprint density at radius 3 is 2.80 bits per heavy atom. The largest absolute Gasteiger partial charge is 0.434 e. The zero-order valence-electron chi connectivity index (χ0n) is 11.7. The number of aromatic nitrogens is 2. The number of para-hydroxylation sites is 1. The van der Waals surface area contributed by atoms with Crippen LogP contribution < -0.4 is 16.0 Å². The van der Waals surface area contributed by atoms with Gasteiger partial charge in [-0.1, -0.05) is 32.0 Å². The maximum Gasteiger partial charge on any atom is 0.313 e. The summed E-state index contributed by atoms with van der Waals surface area (Å²) in [4.78, 5) is 16.3. The number of nitrogens with two attached hydrogens (primary N) is 1. The molecule has 0 unspecified atom stereocenters. The molecule has 20 heavy (non-hydrogen) atoms. The van der Waals surface area contributed by atoms with Gasteiger partial charge in [0.25, 0.3) is 5.88 Å². The highest BCUT2D eigenvalue weighted by Gasteiger charge is 2.10. The molecule has 1 aromatic carbocycles. The second kappa shape index (κ2) is 6.34. The normalized spacial score (nSPS) is 10.8. The third-order valence-corrected chi connectivity index (χ3v) is 2.84. The van der Waals surface area contributed by atoms with E-state index in [0.29, 0.717) is 24.8 Å². The lowest BCUT2D eigenvalue weighted by Gasteiger charge is -2.11. The van der Waals surface area contributed by atoms with Gasteiger partial charge in [0.15, 0.2) is 0 Å². The van der Waals surface area contributed by atoms with Crippen LogP contribution in [0.2, 0.25) is 0 Å². The molecule has 0 saturated carbocycles. The highest BCUT2D eigenvalue weighted by Crippen LogP contribution is 2.21. The third kappa shape index (κ3) is 3.24. The topological polar surface area (TPSA) is 70.1 Å². The van der Waals surface area contributed by atoms with Crippen LogP contribution in [0.1, 0.15) is 19.4 Å². The zero-order chi connectivity index (χ0) is 14.5. The average Bonchev–Trinajstić information content (AvgIpc) is 2.43. The zero-order valence-corrected chi connectivity index (χ0v) is 11.7. The van der Waals surface area contributed by atoms with Gasteiger partial charge in [-0.15, -0.1) is 0 Å². The first-order valence-corrected chi connectivity index (χ1v) is 6.63. The lowest BCUT2D eigenvalue weighted by atomic mass is 10.2. The molecule has 0 saturated heterocycles. The summed E-state index contributed by atoms with van der Waals surface area (Å²) in [6.07, 6.45) is 3.24. The average molecular weight is 273 g/mol. The first-order chi connectivity index (χ1) is 9.61. The molecule has 0 radical (unpaired) electrons. The van der Waals surface area contributed by atoms with Gasteiger partial charge in [0, 0.05) is 31.0 Å². The summed E-state index contributed by atoms with van der Waals surface area (Å²) in [5, 5.41) is 0. The lowest BCUT2D eigenvalue weighted by molar-refractivity contribution is 0.428. The maximum atomic E-state index is 12.3. The van der Waals surface area contributed by atoms with Gasteiger partial charge in [-0.3, -0.25) is 4.79 Å². The Hall–Kier alpha value is -2.14. The second-order valence-corrected chi connectivity index (χ2v) is 5.00. The van der Waals surface area contributed by atoms with Crippen molar-refractivity contribution in [1.82, 2.24) is 9.55 Å². The van der Waals surface area contributed by atoms with E-state index in [9.17, 15) is 4.79 Å². The van der Waals surface area contributed by atoms with Crippen LogP contribution in [0.5, 0.6) is 11.6 Å². The van der Waals surface area contributed by atoms with Crippen LogP contribution >= 0.6 is 0 Å². The van der Waals surface area contributed by atoms with E-state index in [1.54, 1.807) is 23.0 Å². The van der Waals surface area contributed by atoms with Crippen LogP contribution in [0.15, 0.2) is 41.5 Å². The maximum absolute atomic E-state index is 12.3. The SMILES string of the molecule is CC(C)Cn1ccnc(Oc2ccccc2CN)c1=O. The van der Waals surface area contributed by atoms with Crippen LogP contribution in [0, 0.1) is 5.92 Å². The van der Waals surface area contributed by atoms with Crippen LogP contribution in [-0.2, 0) is 13.1 Å². The Morgan fingerprint density at radius 2 is 2.10 bits per heavy atom. The fraction of sp³-hybridized carbons (Fsp3) is 0.333. The van der Waals surface area contributed by atoms with Gasteiger partial charge < -0.3 is 15.0 Å². The molecule has 0 spiro atoms. The van der Waals surface area contributed by atoms with Crippen molar-refractivity contribution in [1.29, 1.82) is 0 Å². The minimum Gasteiger partial charge on any atom is -0.434 e. The van der Waals surface area contributed by atoms with Gasteiger partial charge in [-0.2, -0.15) is 0 Å². The van der Waals surface area contributed by atoms with E-state index in [-0.39, 0.29) is 11.4 Å². The van der Waals surface area contributed by atoms with Gasteiger partial charge in [0.2, 0.25) is 0 Å². The van der Waals surface area contributed by atoms with Crippen molar-refractivity contribution in [3.63, 3.8) is 0 Å². The number of hydrogen-bond acceptors (Lipinski definition) is 4. The molecule has 5 nitrogen and oxygen atoms in total. The fourth-order valence-corrected chi connectivity index (χ4v) is 1.91. The van der Waals surface area contributed by atoms with E-state index >= 15 is 0 Å². The molecule has 5 heteroatoms. The summed E-state index contributed by atoms with van der Waals surface area (Å²) in [7, 11) is 0. The van der Waals surface area contributed by atoms with Crippen LogP contribution in [-0.4, -0.2) is 9.55 Å². The number of hydrogen-bond donors (Lipinski definition) is 1. The van der Waals surface area contributed by atoms with Gasteiger partial charge in [-0.25, -0.2) is 4.98 Å². The van der Waals surface area contributed by atoms with Crippen molar-refractivity contribution in [2.24, 2.45) is 11.7 Å². The second-order valence-electron chi connectivity index (χ2n) is 5.00. The van der Waals surface area contributed by atoms with Crippen molar-refractivity contribution in [3.05, 3.63) is 52.6 Å². The van der Waals surface area contributed by atoms with E-state index in [1.807, 2.05) is 18.2 Å². The molecule has 2 rings (SSSR count). The molecule has 1 heterocycles. The van der Waals surface area contributed by atoms with Gasteiger partial charge >= 0.3 is 5.56 Å². The Bertz CT molecular complexity index is 635. The molecule has 0 aliphatic heterocycles. The van der Waals surface area contributed by atoms with Crippen LogP contribution in [0.25, 0.3) is 0 Å². The third-order valence-electron chi connectivity index (χ3n) is 2.84. The smallest absolute Gasteiger partial charge is 0.313 e. The Morgan fingerprint density at radius 1 is 1.35 bits per heavy atom. The molecule has 0 amide bonds. The molecule has 1 aromatic heterocycles. The number of benzene rings is 1. The minimum atomic E-state index is -0.229. The van der Waals surface area contributed by atoms with Crippen molar-refractivity contribution in [2.45, 2.75) is 26.9 Å². The van der Waals surface area contributed by atoms with Crippen molar-refractivity contribution < 1.29 is 4.74 Å². The molecular weight excluding hydrogens is 254 g/mol. The molecule has 0 aliphatic carbocycles. The summed E-state index contributed by atoms with van der Waals surface area (Å²) in [6.45, 7) is 5.09. The van der Waals surface area contributed by atoms with Crippen molar-refractivity contribution in [2.75, 3.05) is 0 Å². The summed E-state index contributed by atoms with van der Waals surface area (Å²) < 4.78 is 7.24. The quantitative estimate of drug-likeness (QED) is 0.906. The first kappa shape index (κ1) is 14.3. The molecule has 0 atom stereocenters. The number of rotatable bonds is 5. The first-order valence-electron chi connectivity index (χ1n) is 6.63. The molecule has 106 valence electrons. The van der Waals surface area contributed by atoms with Crippen LogP contribution in [0.3, 0.4) is 0 Å². The predicted molar refractivity (Wildman–Crippen MR) is 77.7 cm³/mol. The van der Waals surface area contributed by atoms with E-state index in [4.69, 9.17) is 10.5 Å². The van der Waals surface area contributed by atoms with Crippen molar-refractivity contribution >= 4 is 0 Å². The molecule has 0 bridgehead atoms. The molecule has 0 fully saturated rings. The Balaban J connectivity index is 2.32. The Labute approximate surface area is 118 Å². The highest BCUT2D eigenvalue weighted by atomic mass is 16.5. The number of ether oxygens (including phenoxy) is 1. The fourth-order valence-electron chi connectivity index (χ4n) is 1.91. The van der Waals surface area contributed by atoms with Gasteiger partial charge in [0.1, 0.15) is 5.75 Å². The summed E-state index contributed by atoms with van der Waals surface area (Å²) >= 11 is 0. The van der Waals surface area contributed by atoms with Crippen molar-refractivity contribution in [3.8, 4) is 11.6 Å². The van der Waals surface area contributed by atoms with E-state index in [2.05, 4.69) is 18.8 Å².